The molecular formula is C23H30F2N3O8P. The third-order valence-electron chi connectivity index (χ3n) is 5.32. The van der Waals surface area contributed by atoms with Crippen molar-refractivity contribution in [3.05, 3.63) is 53.1 Å². The third-order valence-corrected chi connectivity index (χ3v) is 7.19. The molecule has 0 amide bonds. The topological polar surface area (TPSA) is 152 Å². The highest BCUT2D eigenvalue weighted by atomic mass is 31.2. The van der Waals surface area contributed by atoms with Gasteiger partial charge in [0.1, 0.15) is 30.4 Å². The van der Waals surface area contributed by atoms with Crippen LogP contribution in [0.4, 0.5) is 14.6 Å². The van der Waals surface area contributed by atoms with Crippen molar-refractivity contribution in [1.82, 2.24) is 9.55 Å². The van der Waals surface area contributed by atoms with E-state index in [1.54, 1.807) is 19.9 Å². The van der Waals surface area contributed by atoms with Crippen LogP contribution in [0, 0.1) is 5.92 Å². The van der Waals surface area contributed by atoms with Crippen molar-refractivity contribution in [1.29, 1.82) is 0 Å². The number of halogens is 2. The number of alkyl halides is 2. The Morgan fingerprint density at radius 2 is 2.03 bits per heavy atom. The van der Waals surface area contributed by atoms with Gasteiger partial charge in [-0.05, 0) is 32.0 Å². The lowest BCUT2D eigenvalue weighted by molar-refractivity contribution is -0.151. The van der Waals surface area contributed by atoms with Crippen molar-refractivity contribution in [3.63, 3.8) is 0 Å². The summed E-state index contributed by atoms with van der Waals surface area (Å²) in [5.41, 5.74) is 0.946. The van der Waals surface area contributed by atoms with Gasteiger partial charge in [-0.25, -0.2) is 18.1 Å². The van der Waals surface area contributed by atoms with Crippen LogP contribution >= 0.6 is 7.60 Å². The molecule has 1 aromatic heterocycles. The number of rotatable bonds is 11. The van der Waals surface area contributed by atoms with E-state index in [4.69, 9.17) is 27.0 Å². The van der Waals surface area contributed by atoms with Crippen LogP contribution in [0.3, 0.4) is 0 Å². The Kier molecular flexibility index (Phi) is 8.14. The molecule has 3 N–H and O–H groups in total. The predicted molar refractivity (Wildman–Crippen MR) is 129 cm³/mol. The van der Waals surface area contributed by atoms with Gasteiger partial charge in [-0.15, -0.1) is 0 Å². The normalized spacial score (nSPS) is 27.2. The van der Waals surface area contributed by atoms with Gasteiger partial charge in [0.2, 0.25) is 5.67 Å². The Labute approximate surface area is 214 Å². The minimum atomic E-state index is -4.63. The maximum absolute atomic E-state index is 15.7. The molecule has 1 aromatic carbocycles. The molecule has 3 rings (SSSR count). The fourth-order valence-electron chi connectivity index (χ4n) is 3.49. The lowest BCUT2D eigenvalue weighted by Gasteiger charge is -2.26. The van der Waals surface area contributed by atoms with Gasteiger partial charge in [0.25, 0.3) is 0 Å². The largest absolute Gasteiger partial charge is 0.463 e. The molecule has 204 valence electrons. The van der Waals surface area contributed by atoms with Crippen LogP contribution in [0.5, 0.6) is 5.75 Å². The van der Waals surface area contributed by atoms with E-state index >= 15 is 4.39 Å². The number of hydrogen-bond acceptors (Lipinski definition) is 10. The molecule has 1 aliphatic heterocycles. The summed E-state index contributed by atoms with van der Waals surface area (Å²) in [7, 11) is -4.63. The highest BCUT2D eigenvalue weighted by molar-refractivity contribution is 7.54. The third kappa shape index (κ3) is 6.72. The van der Waals surface area contributed by atoms with Crippen LogP contribution in [0.25, 0.3) is 0 Å². The molecule has 0 aliphatic carbocycles. The van der Waals surface area contributed by atoms with Crippen LogP contribution in [0.1, 0.15) is 29.7 Å². The van der Waals surface area contributed by atoms with E-state index in [1.165, 1.54) is 31.2 Å². The summed E-state index contributed by atoms with van der Waals surface area (Å²) in [5.74, 6) is -2.10. The van der Waals surface area contributed by atoms with Crippen molar-refractivity contribution in [2.24, 2.45) is 5.92 Å². The molecule has 6 atom stereocenters. The molecule has 2 heterocycles. The number of aromatic nitrogens is 2. The number of aliphatic hydroxyl groups excluding tert-OH is 1. The average Bonchev–Trinajstić information content (AvgIpc) is 3.10. The minimum Gasteiger partial charge on any atom is -0.463 e. The number of nitrogen functional groups attached to an aromatic ring is 1. The first-order chi connectivity index (χ1) is 18.1. The van der Waals surface area contributed by atoms with E-state index in [9.17, 15) is 23.7 Å². The number of aliphatic hydroxyl groups is 1. The molecule has 1 aliphatic rings. The molecule has 0 spiro atoms. The van der Waals surface area contributed by atoms with Gasteiger partial charge in [0.15, 0.2) is 6.23 Å². The van der Waals surface area contributed by atoms with Crippen LogP contribution in [0.15, 0.2) is 47.4 Å². The monoisotopic (exact) mass is 547 g/mol. The van der Waals surface area contributed by atoms with Gasteiger partial charge in [0.05, 0.1) is 27.5 Å². The number of carbonyl (C=O) groups is 1. The molecule has 14 heteroatoms. The van der Waals surface area contributed by atoms with Crippen LogP contribution in [-0.4, -0.2) is 64.0 Å². The number of nitrogens with zero attached hydrogens (tertiary/aromatic N) is 2. The molecular weight excluding hydrogens is 515 g/mol. The number of carbonyl (C=O) groups excluding carboxylic acids is 1. The Morgan fingerprint density at radius 1 is 1.35 bits per heavy atom. The zero-order valence-corrected chi connectivity index (χ0v) is 21.2. The first kappa shape index (κ1) is 25.8. The summed E-state index contributed by atoms with van der Waals surface area (Å²) >= 11 is 0. The van der Waals surface area contributed by atoms with Crippen molar-refractivity contribution in [3.8, 4) is 5.75 Å². The lowest BCUT2D eigenvalue weighted by Crippen LogP contribution is -2.47. The van der Waals surface area contributed by atoms with Crippen LogP contribution in [-0.2, 0) is 23.4 Å². The zero-order chi connectivity index (χ0) is 29.2. The number of anilines is 1. The molecule has 1 fully saturated rings. The Hall–Kier alpha value is -2.86. The molecule has 1 saturated heterocycles. The number of ether oxygens (including phenoxy) is 2. The minimum absolute atomic E-state index is 0.00470. The molecule has 0 saturated carbocycles. The Morgan fingerprint density at radius 3 is 2.62 bits per heavy atom. The smallest absolute Gasteiger partial charge is 0.380 e. The maximum Gasteiger partial charge on any atom is 0.380 e. The van der Waals surface area contributed by atoms with Crippen molar-refractivity contribution in [2.45, 2.75) is 51.0 Å². The van der Waals surface area contributed by atoms with E-state index in [-0.39, 0.29) is 11.6 Å². The Balaban J connectivity index is 1.95. The summed E-state index contributed by atoms with van der Waals surface area (Å²) in [4.78, 5) is 28.1. The molecule has 37 heavy (non-hydrogen) atoms. The van der Waals surface area contributed by atoms with Gasteiger partial charge < -0.3 is 24.8 Å². The van der Waals surface area contributed by atoms with Crippen LogP contribution in [0.2, 0.25) is 0 Å². The summed E-state index contributed by atoms with van der Waals surface area (Å²) < 4.78 is 82.0. The summed E-state index contributed by atoms with van der Waals surface area (Å²) in [6, 6.07) is 8.60. The van der Waals surface area contributed by atoms with Gasteiger partial charge in [-0.1, -0.05) is 25.1 Å². The van der Waals surface area contributed by atoms with Crippen molar-refractivity contribution < 1.29 is 44.5 Å². The molecule has 2 aromatic rings. The van der Waals surface area contributed by atoms with E-state index in [0.717, 1.165) is 12.3 Å². The van der Waals surface area contributed by atoms with E-state index < -0.39 is 74.8 Å². The predicted octanol–water partition coefficient (Wildman–Crippen LogP) is 2.64. The number of esters is 1. The standard InChI is InChI=1S/C23H30F2N3O8P/c1-14(2)34-20(30)15(3)12-37(32,36-16-7-5-4-6-8-16)33-11-17-19(29)23(25,13-24)21(35-17)28-10-9-18(26)27-22(28)31/h4-10,14-15,17,19,21,29H,11-13H2,1-3H3,(H2,26,27,31)/t15-,17-,19+,21-,23?,37+/m1/s1/i11D2. The molecule has 0 radical (unpaired) electrons. The highest BCUT2D eigenvalue weighted by Crippen LogP contribution is 2.51. The van der Waals surface area contributed by atoms with E-state index in [1.807, 2.05) is 0 Å². The SMILES string of the molecule is [2H]C([2H])(O[P@@](=O)(C[C@@H](C)C(=O)OC(C)C)Oc1ccccc1)[C@H]1O[C@@H](n2ccc(N)nc2=O)C(F)(CF)[C@H]1O. The van der Waals surface area contributed by atoms with Crippen molar-refractivity contribution >= 4 is 19.4 Å². The van der Waals surface area contributed by atoms with E-state index in [0.29, 0.717) is 4.57 Å². The summed E-state index contributed by atoms with van der Waals surface area (Å²) in [6.45, 7) is -0.621. The lowest BCUT2D eigenvalue weighted by atomic mass is 9.97. The number of nitrogens with two attached hydrogens (primary N) is 1. The second-order valence-electron chi connectivity index (χ2n) is 8.75. The number of para-hydroxylation sites is 1. The van der Waals surface area contributed by atoms with Gasteiger partial charge in [0, 0.05) is 6.20 Å². The maximum atomic E-state index is 15.7. The quantitative estimate of drug-likeness (QED) is 0.317. The summed E-state index contributed by atoms with van der Waals surface area (Å²) in [5, 5.41) is 10.7. The van der Waals surface area contributed by atoms with Gasteiger partial charge >= 0.3 is 19.3 Å². The molecule has 11 nitrogen and oxygen atoms in total. The first-order valence-electron chi connectivity index (χ1n) is 12.3. The van der Waals surface area contributed by atoms with Crippen molar-refractivity contribution in [2.75, 3.05) is 25.1 Å². The summed E-state index contributed by atoms with van der Waals surface area (Å²) in [6.07, 6.45) is -7.26. The number of hydrogen-bond donors (Lipinski definition) is 2. The first-order valence-corrected chi connectivity index (χ1v) is 13.0. The van der Waals surface area contributed by atoms with E-state index in [2.05, 4.69) is 4.98 Å². The molecule has 0 bridgehead atoms. The number of benzene rings is 1. The van der Waals surface area contributed by atoms with Gasteiger partial charge in [-0.3, -0.25) is 13.9 Å². The molecule has 1 unspecified atom stereocenters. The Bertz CT molecular complexity index is 1270. The van der Waals surface area contributed by atoms with Crippen LogP contribution < -0.4 is 15.9 Å². The fraction of sp³-hybridized carbons (Fsp3) is 0.522. The average molecular weight is 547 g/mol. The highest BCUT2D eigenvalue weighted by Gasteiger charge is 2.59. The second-order valence-corrected chi connectivity index (χ2v) is 10.7. The zero-order valence-electron chi connectivity index (χ0n) is 22.3. The van der Waals surface area contributed by atoms with Gasteiger partial charge in [-0.2, -0.15) is 4.98 Å². The second kappa shape index (κ2) is 11.7. The fourth-order valence-corrected chi connectivity index (χ4v) is 5.20.